The number of hydrogen-bond donors (Lipinski definition) is 0. The van der Waals surface area contributed by atoms with E-state index >= 15 is 0 Å². The predicted octanol–water partition coefficient (Wildman–Crippen LogP) is 5.41. The van der Waals surface area contributed by atoms with E-state index in [0.717, 1.165) is 15.6 Å². The van der Waals surface area contributed by atoms with E-state index in [1.54, 1.807) is 4.90 Å². The summed E-state index contributed by atoms with van der Waals surface area (Å²) in [5.41, 5.74) is 2.15. The van der Waals surface area contributed by atoms with Crippen LogP contribution in [0.25, 0.3) is 6.08 Å². The van der Waals surface area contributed by atoms with Gasteiger partial charge in [0, 0.05) is 4.47 Å². The van der Waals surface area contributed by atoms with Gasteiger partial charge in [0.15, 0.2) is 0 Å². The number of allylic oxidation sites excluding steroid dienone is 2. The SMILES string of the molecule is O=C1C(=CC=Cc2ccc(Br)cc2)SC(=S)N1Cc1ccccc1. The zero-order chi connectivity index (χ0) is 16.9. The summed E-state index contributed by atoms with van der Waals surface area (Å²) in [6.45, 7) is 0.513. The monoisotopic (exact) mass is 415 g/mol. The van der Waals surface area contributed by atoms with Crippen molar-refractivity contribution in [3.05, 3.63) is 87.3 Å². The van der Waals surface area contributed by atoms with Crippen LogP contribution in [-0.2, 0) is 11.3 Å². The summed E-state index contributed by atoms with van der Waals surface area (Å²) in [6.07, 6.45) is 5.68. The molecular weight excluding hydrogens is 402 g/mol. The summed E-state index contributed by atoms with van der Waals surface area (Å²) in [5.74, 6) is -0.0330. The molecule has 0 N–H and O–H groups in total. The summed E-state index contributed by atoms with van der Waals surface area (Å²) in [6, 6.07) is 17.9. The lowest BCUT2D eigenvalue weighted by Crippen LogP contribution is -2.27. The lowest BCUT2D eigenvalue weighted by molar-refractivity contribution is -0.122. The fourth-order valence-corrected chi connectivity index (χ4v) is 3.71. The van der Waals surface area contributed by atoms with Gasteiger partial charge in [-0.25, -0.2) is 0 Å². The molecule has 0 spiro atoms. The van der Waals surface area contributed by atoms with Gasteiger partial charge in [-0.1, -0.05) is 94.5 Å². The molecule has 0 atom stereocenters. The van der Waals surface area contributed by atoms with Crippen molar-refractivity contribution in [1.82, 2.24) is 4.90 Å². The third-order valence-corrected chi connectivity index (χ3v) is 5.39. The van der Waals surface area contributed by atoms with Crippen LogP contribution in [0.4, 0.5) is 0 Å². The molecule has 120 valence electrons. The first kappa shape index (κ1) is 17.1. The quantitative estimate of drug-likeness (QED) is 0.491. The van der Waals surface area contributed by atoms with E-state index in [1.165, 1.54) is 11.8 Å². The van der Waals surface area contributed by atoms with Crippen molar-refractivity contribution in [2.45, 2.75) is 6.54 Å². The minimum Gasteiger partial charge on any atom is -0.288 e. The second-order valence-electron chi connectivity index (χ2n) is 5.19. The first-order valence-corrected chi connectivity index (χ1v) is 9.37. The normalized spacial score (nSPS) is 16.5. The van der Waals surface area contributed by atoms with Crippen LogP contribution < -0.4 is 0 Å². The van der Waals surface area contributed by atoms with Gasteiger partial charge in [0.25, 0.3) is 5.91 Å². The molecule has 1 saturated heterocycles. The molecule has 0 bridgehead atoms. The summed E-state index contributed by atoms with van der Waals surface area (Å²) in [4.78, 5) is 14.8. The smallest absolute Gasteiger partial charge is 0.266 e. The topological polar surface area (TPSA) is 20.3 Å². The van der Waals surface area contributed by atoms with Crippen LogP contribution in [0.3, 0.4) is 0 Å². The maximum atomic E-state index is 12.5. The molecule has 1 aliphatic rings. The Morgan fingerprint density at radius 1 is 1.08 bits per heavy atom. The zero-order valence-electron chi connectivity index (χ0n) is 12.7. The van der Waals surface area contributed by atoms with Crippen molar-refractivity contribution in [3.63, 3.8) is 0 Å². The summed E-state index contributed by atoms with van der Waals surface area (Å²) >= 11 is 10.1. The van der Waals surface area contributed by atoms with Crippen LogP contribution in [-0.4, -0.2) is 15.1 Å². The average molecular weight is 416 g/mol. The van der Waals surface area contributed by atoms with Crippen molar-refractivity contribution < 1.29 is 4.79 Å². The maximum absolute atomic E-state index is 12.5. The molecule has 3 rings (SSSR count). The Morgan fingerprint density at radius 3 is 2.50 bits per heavy atom. The number of hydrogen-bond acceptors (Lipinski definition) is 3. The molecule has 0 aromatic heterocycles. The molecule has 1 fully saturated rings. The lowest BCUT2D eigenvalue weighted by atomic mass is 10.2. The van der Waals surface area contributed by atoms with E-state index in [1.807, 2.05) is 72.8 Å². The van der Waals surface area contributed by atoms with Gasteiger partial charge in [0.1, 0.15) is 4.32 Å². The standard InChI is InChI=1S/C19H14BrNOS2/c20-16-11-9-14(10-12-16)7-4-8-17-18(22)21(19(23)24-17)13-15-5-2-1-3-6-15/h1-12H,13H2. The van der Waals surface area contributed by atoms with Gasteiger partial charge in [-0.05, 0) is 29.3 Å². The highest BCUT2D eigenvalue weighted by atomic mass is 79.9. The minimum absolute atomic E-state index is 0.0330. The first-order valence-electron chi connectivity index (χ1n) is 7.35. The number of nitrogens with zero attached hydrogens (tertiary/aromatic N) is 1. The third kappa shape index (κ3) is 4.23. The molecule has 2 nitrogen and oxygen atoms in total. The number of benzene rings is 2. The Labute approximate surface area is 159 Å². The van der Waals surface area contributed by atoms with Crippen molar-refractivity contribution in [2.75, 3.05) is 0 Å². The van der Waals surface area contributed by atoms with Gasteiger partial charge >= 0.3 is 0 Å². The fraction of sp³-hybridized carbons (Fsp3) is 0.0526. The zero-order valence-corrected chi connectivity index (χ0v) is 15.9. The Morgan fingerprint density at radius 2 is 1.79 bits per heavy atom. The van der Waals surface area contributed by atoms with Gasteiger partial charge in [-0.15, -0.1) is 0 Å². The minimum atomic E-state index is -0.0330. The van der Waals surface area contributed by atoms with Crippen molar-refractivity contribution >= 4 is 56.2 Å². The van der Waals surface area contributed by atoms with Gasteiger partial charge in [0.05, 0.1) is 11.4 Å². The maximum Gasteiger partial charge on any atom is 0.266 e. The number of rotatable bonds is 4. The van der Waals surface area contributed by atoms with Crippen molar-refractivity contribution in [3.8, 4) is 0 Å². The van der Waals surface area contributed by atoms with E-state index in [2.05, 4.69) is 15.9 Å². The molecule has 0 saturated carbocycles. The largest absolute Gasteiger partial charge is 0.288 e. The molecular formula is C19H14BrNOS2. The van der Waals surface area contributed by atoms with E-state index < -0.39 is 0 Å². The second-order valence-corrected chi connectivity index (χ2v) is 7.78. The molecule has 5 heteroatoms. The summed E-state index contributed by atoms with van der Waals surface area (Å²) in [7, 11) is 0. The molecule has 0 unspecified atom stereocenters. The highest BCUT2D eigenvalue weighted by Crippen LogP contribution is 2.32. The van der Waals surface area contributed by atoms with Crippen LogP contribution in [0.1, 0.15) is 11.1 Å². The van der Waals surface area contributed by atoms with Crippen LogP contribution in [0.15, 0.2) is 76.1 Å². The van der Waals surface area contributed by atoms with E-state index in [4.69, 9.17) is 12.2 Å². The Kier molecular flexibility index (Phi) is 5.66. The van der Waals surface area contributed by atoms with Crippen LogP contribution in [0.2, 0.25) is 0 Å². The predicted molar refractivity (Wildman–Crippen MR) is 108 cm³/mol. The number of halogens is 1. The number of carbonyl (C=O) groups excluding carboxylic acids is 1. The highest BCUT2D eigenvalue weighted by molar-refractivity contribution is 9.10. The van der Waals surface area contributed by atoms with Crippen molar-refractivity contribution in [1.29, 1.82) is 0 Å². The first-order chi connectivity index (χ1) is 11.6. The van der Waals surface area contributed by atoms with Crippen molar-refractivity contribution in [2.24, 2.45) is 0 Å². The van der Waals surface area contributed by atoms with Crippen LogP contribution >= 0.6 is 39.9 Å². The van der Waals surface area contributed by atoms with E-state index in [0.29, 0.717) is 15.8 Å². The van der Waals surface area contributed by atoms with Crippen LogP contribution in [0, 0.1) is 0 Å². The Bertz CT molecular complexity index is 813. The molecule has 24 heavy (non-hydrogen) atoms. The van der Waals surface area contributed by atoms with Gasteiger partial charge in [0.2, 0.25) is 0 Å². The molecule has 1 aliphatic heterocycles. The summed E-state index contributed by atoms with van der Waals surface area (Å²) in [5, 5.41) is 0. The molecule has 1 heterocycles. The highest BCUT2D eigenvalue weighted by Gasteiger charge is 2.31. The number of carbonyl (C=O) groups is 1. The molecule has 0 radical (unpaired) electrons. The Hall–Kier alpha value is -1.69. The average Bonchev–Trinajstić information content (AvgIpc) is 2.85. The lowest BCUT2D eigenvalue weighted by Gasteiger charge is -2.14. The van der Waals surface area contributed by atoms with Gasteiger partial charge < -0.3 is 0 Å². The molecule has 0 aliphatic carbocycles. The summed E-state index contributed by atoms with van der Waals surface area (Å²) < 4.78 is 1.65. The second kappa shape index (κ2) is 7.92. The Balaban J connectivity index is 1.70. The number of amides is 1. The molecule has 2 aromatic rings. The third-order valence-electron chi connectivity index (χ3n) is 3.46. The number of thioether (sulfide) groups is 1. The van der Waals surface area contributed by atoms with E-state index in [9.17, 15) is 4.79 Å². The fourth-order valence-electron chi connectivity index (χ4n) is 2.24. The number of thiocarbonyl (C=S) groups is 1. The molecule has 1 amide bonds. The van der Waals surface area contributed by atoms with Gasteiger partial charge in [-0.3, -0.25) is 9.69 Å². The van der Waals surface area contributed by atoms with E-state index in [-0.39, 0.29) is 5.91 Å². The van der Waals surface area contributed by atoms with Gasteiger partial charge in [-0.2, -0.15) is 0 Å². The van der Waals surface area contributed by atoms with Crippen LogP contribution in [0.5, 0.6) is 0 Å². The molecule has 2 aromatic carbocycles.